The Morgan fingerprint density at radius 2 is 1.30 bits per heavy atom. The van der Waals surface area contributed by atoms with Crippen LogP contribution in [0.3, 0.4) is 0 Å². The fourth-order valence-corrected chi connectivity index (χ4v) is 6.86. The van der Waals surface area contributed by atoms with Gasteiger partial charge in [-0.15, -0.1) is 0 Å². The predicted molar refractivity (Wildman–Crippen MR) is 154 cm³/mol. The van der Waals surface area contributed by atoms with Crippen LogP contribution in [0.15, 0.2) is 97.1 Å². The number of nitro benzene ring substituents is 1. The van der Waals surface area contributed by atoms with Gasteiger partial charge in [0.1, 0.15) is 0 Å². The van der Waals surface area contributed by atoms with Crippen molar-refractivity contribution < 1.29 is 28.8 Å². The van der Waals surface area contributed by atoms with Crippen LogP contribution in [0.1, 0.15) is 44.4 Å². The molecule has 1 fully saturated rings. The highest BCUT2D eigenvalue weighted by Gasteiger charge is 2.62. The summed E-state index contributed by atoms with van der Waals surface area (Å²) < 4.78 is 5.25. The Morgan fingerprint density at radius 1 is 0.767 bits per heavy atom. The molecule has 3 amide bonds. The topological polar surface area (TPSA) is 136 Å². The first-order valence-electron chi connectivity index (χ1n) is 13.7. The lowest BCUT2D eigenvalue weighted by Gasteiger charge is -2.45. The van der Waals surface area contributed by atoms with Gasteiger partial charge in [0.25, 0.3) is 11.6 Å². The maximum atomic E-state index is 14.1. The van der Waals surface area contributed by atoms with Crippen molar-refractivity contribution in [1.82, 2.24) is 0 Å². The Hall–Kier alpha value is -5.64. The van der Waals surface area contributed by atoms with Crippen molar-refractivity contribution in [2.75, 3.05) is 16.8 Å². The van der Waals surface area contributed by atoms with E-state index in [2.05, 4.69) is 5.32 Å². The summed E-state index contributed by atoms with van der Waals surface area (Å²) >= 11 is 0. The Balaban J connectivity index is 1.15. The zero-order chi connectivity index (χ0) is 29.8. The molecule has 10 nitrogen and oxygen atoms in total. The Morgan fingerprint density at radius 3 is 1.86 bits per heavy atom. The highest BCUT2D eigenvalue weighted by Crippen LogP contribution is 2.61. The number of hydrogen-bond acceptors (Lipinski definition) is 7. The number of hydrogen-bond donors (Lipinski definition) is 1. The zero-order valence-electron chi connectivity index (χ0n) is 22.5. The standard InChI is InChI=1S/C33H23N3O7/c37-26(34-18-8-7-9-19(16-18)36(41)42)17-43-33(40)24-14-5-6-15-25(24)35-31(38)29-27-20-10-1-2-11-21(20)28(30(29)32(35)39)23-13-4-3-12-22(23)27/h1-16,27-30H,17H2,(H,34,37)/t27?,28?,29-,30-/m0/s1. The highest BCUT2D eigenvalue weighted by molar-refractivity contribution is 6.25. The Bertz CT molecular complexity index is 1750. The summed E-state index contributed by atoms with van der Waals surface area (Å²) in [5.74, 6) is -4.18. The summed E-state index contributed by atoms with van der Waals surface area (Å²) in [7, 11) is 0. The second-order valence-corrected chi connectivity index (χ2v) is 10.7. The minimum atomic E-state index is -0.894. The number of anilines is 2. The number of nitrogens with zero attached hydrogens (tertiary/aromatic N) is 2. The summed E-state index contributed by atoms with van der Waals surface area (Å²) in [6.45, 7) is -0.683. The molecule has 8 rings (SSSR count). The third kappa shape index (κ3) is 4.10. The number of non-ortho nitro benzene ring substituents is 1. The van der Waals surface area contributed by atoms with E-state index < -0.39 is 35.2 Å². The first-order chi connectivity index (χ1) is 20.8. The largest absolute Gasteiger partial charge is 0.452 e. The van der Waals surface area contributed by atoms with Crippen molar-refractivity contribution >= 4 is 40.8 Å². The van der Waals surface area contributed by atoms with Crippen LogP contribution in [0.4, 0.5) is 17.1 Å². The number of carbonyl (C=O) groups excluding carboxylic acids is 4. The van der Waals surface area contributed by atoms with E-state index in [9.17, 15) is 29.3 Å². The van der Waals surface area contributed by atoms with Gasteiger partial charge < -0.3 is 10.1 Å². The smallest absolute Gasteiger partial charge is 0.340 e. The molecule has 2 atom stereocenters. The number of para-hydroxylation sites is 1. The van der Waals surface area contributed by atoms with E-state index in [-0.39, 0.29) is 46.3 Å². The fourth-order valence-electron chi connectivity index (χ4n) is 6.86. The Labute approximate surface area is 245 Å². The second-order valence-electron chi connectivity index (χ2n) is 10.7. The molecular formula is C33H23N3O7. The van der Waals surface area contributed by atoms with Gasteiger partial charge in [0, 0.05) is 29.7 Å². The lowest BCUT2D eigenvalue weighted by Crippen LogP contribution is -2.41. The molecular weight excluding hydrogens is 550 g/mol. The van der Waals surface area contributed by atoms with Gasteiger partial charge in [0.15, 0.2) is 6.61 Å². The molecule has 2 bridgehead atoms. The van der Waals surface area contributed by atoms with E-state index in [1.54, 1.807) is 12.1 Å². The highest BCUT2D eigenvalue weighted by atomic mass is 16.6. The van der Waals surface area contributed by atoms with Crippen LogP contribution in [0.25, 0.3) is 0 Å². The van der Waals surface area contributed by atoms with Gasteiger partial charge in [-0.2, -0.15) is 0 Å². The minimum absolute atomic E-state index is 0.0339. The molecule has 3 aliphatic carbocycles. The van der Waals surface area contributed by atoms with Crippen molar-refractivity contribution in [3.05, 3.63) is 135 Å². The maximum absolute atomic E-state index is 14.1. The van der Waals surface area contributed by atoms with Crippen LogP contribution in [-0.2, 0) is 19.1 Å². The molecule has 1 heterocycles. The summed E-state index contributed by atoms with van der Waals surface area (Å²) in [6.07, 6.45) is 0. The average molecular weight is 574 g/mol. The van der Waals surface area contributed by atoms with E-state index in [4.69, 9.17) is 4.74 Å². The van der Waals surface area contributed by atoms with Gasteiger partial charge in [0.05, 0.1) is 28.0 Å². The molecule has 10 heteroatoms. The van der Waals surface area contributed by atoms with E-state index in [0.717, 1.165) is 27.2 Å². The first kappa shape index (κ1) is 26.3. The summed E-state index contributed by atoms with van der Waals surface area (Å²) in [5.41, 5.74) is 4.19. The number of benzene rings is 4. The lowest BCUT2D eigenvalue weighted by molar-refractivity contribution is -0.384. The van der Waals surface area contributed by atoms with Gasteiger partial charge in [-0.25, -0.2) is 9.69 Å². The molecule has 1 saturated heterocycles. The van der Waals surface area contributed by atoms with Gasteiger partial charge in [-0.3, -0.25) is 24.5 Å². The normalized spacial score (nSPS) is 21.1. The van der Waals surface area contributed by atoms with Gasteiger partial charge in [0.2, 0.25) is 11.8 Å². The summed E-state index contributed by atoms with van der Waals surface area (Å²) in [6, 6.07) is 27.4. The van der Waals surface area contributed by atoms with E-state index in [1.165, 1.54) is 36.4 Å². The van der Waals surface area contributed by atoms with Crippen molar-refractivity contribution in [2.45, 2.75) is 11.8 Å². The van der Waals surface area contributed by atoms with Crippen molar-refractivity contribution in [3.63, 3.8) is 0 Å². The molecule has 43 heavy (non-hydrogen) atoms. The molecule has 0 aromatic heterocycles. The SMILES string of the molecule is O=C(COC(=O)c1ccccc1N1C(=O)[C@H]2C3c4ccccc4C(c4ccccc43)[C@@H]2C1=O)Nc1cccc([N+](=O)[O-])c1. The minimum Gasteiger partial charge on any atom is -0.452 e. The number of esters is 1. The van der Waals surface area contributed by atoms with Crippen molar-refractivity contribution in [1.29, 1.82) is 0 Å². The molecule has 4 aromatic carbocycles. The van der Waals surface area contributed by atoms with Crippen molar-refractivity contribution in [2.24, 2.45) is 11.8 Å². The Kier molecular flexibility index (Phi) is 6.12. The molecule has 4 aromatic rings. The third-order valence-electron chi connectivity index (χ3n) is 8.49. The van der Waals surface area contributed by atoms with Crippen LogP contribution < -0.4 is 10.2 Å². The zero-order valence-corrected chi connectivity index (χ0v) is 22.5. The first-order valence-corrected chi connectivity index (χ1v) is 13.7. The van der Waals surface area contributed by atoms with Gasteiger partial charge in [-0.1, -0.05) is 66.7 Å². The summed E-state index contributed by atoms with van der Waals surface area (Å²) in [5, 5.41) is 13.5. The number of ether oxygens (including phenoxy) is 1. The van der Waals surface area contributed by atoms with E-state index >= 15 is 0 Å². The summed E-state index contributed by atoms with van der Waals surface area (Å²) in [4.78, 5) is 65.4. The van der Waals surface area contributed by atoms with E-state index in [1.807, 2.05) is 48.5 Å². The predicted octanol–water partition coefficient (Wildman–Crippen LogP) is 4.79. The molecule has 1 aliphatic heterocycles. The van der Waals surface area contributed by atoms with Crippen molar-refractivity contribution in [3.8, 4) is 0 Å². The quantitative estimate of drug-likeness (QED) is 0.152. The number of nitrogens with one attached hydrogen (secondary N) is 1. The van der Waals surface area contributed by atoms with Crippen LogP contribution >= 0.6 is 0 Å². The van der Waals surface area contributed by atoms with Crippen LogP contribution in [0, 0.1) is 22.0 Å². The molecule has 0 unspecified atom stereocenters. The number of imide groups is 1. The molecule has 212 valence electrons. The monoisotopic (exact) mass is 573 g/mol. The van der Waals surface area contributed by atoms with Crippen LogP contribution in [0.2, 0.25) is 0 Å². The number of carbonyl (C=O) groups is 4. The third-order valence-corrected chi connectivity index (χ3v) is 8.49. The fraction of sp³-hybridized carbons (Fsp3) is 0.152. The average Bonchev–Trinajstić information content (AvgIpc) is 3.29. The number of nitro groups is 1. The van der Waals surface area contributed by atoms with Crippen LogP contribution in [0.5, 0.6) is 0 Å². The number of amides is 3. The number of rotatable bonds is 6. The molecule has 0 spiro atoms. The molecule has 0 radical (unpaired) electrons. The van der Waals surface area contributed by atoms with Gasteiger partial charge >= 0.3 is 5.97 Å². The van der Waals surface area contributed by atoms with Gasteiger partial charge in [-0.05, 0) is 40.5 Å². The second kappa shape index (κ2) is 10.0. The molecule has 4 aliphatic rings. The lowest BCUT2D eigenvalue weighted by atomic mass is 9.55. The molecule has 0 saturated carbocycles. The van der Waals surface area contributed by atoms with Crippen LogP contribution in [-0.4, -0.2) is 35.2 Å². The van der Waals surface area contributed by atoms with E-state index in [0.29, 0.717) is 0 Å². The maximum Gasteiger partial charge on any atom is 0.340 e. The molecule has 1 N–H and O–H groups in total.